The topological polar surface area (TPSA) is 113 Å². The smallest absolute Gasteiger partial charge is 0.308 e. The van der Waals surface area contributed by atoms with Crippen LogP contribution >= 0.6 is 0 Å². The zero-order valence-electron chi connectivity index (χ0n) is 18.5. The Morgan fingerprint density at radius 1 is 1.00 bits per heavy atom. The first-order valence-corrected chi connectivity index (χ1v) is 12.2. The van der Waals surface area contributed by atoms with Gasteiger partial charge in [-0.2, -0.15) is 0 Å². The number of sulfonamides is 1. The lowest BCUT2D eigenvalue weighted by Crippen LogP contribution is -2.35. The van der Waals surface area contributed by atoms with Crippen LogP contribution < -0.4 is 14.5 Å². The van der Waals surface area contributed by atoms with Crippen molar-refractivity contribution in [3.63, 3.8) is 0 Å². The number of nitro groups is 1. The first kappa shape index (κ1) is 23.2. The number of nitrogens with zero attached hydrogens (tertiary/aromatic N) is 3. The maximum Gasteiger partial charge on any atom is 0.326 e. The maximum absolute atomic E-state index is 13.0. The molecule has 34 heavy (non-hydrogen) atoms. The highest BCUT2D eigenvalue weighted by Gasteiger charge is 2.29. The fourth-order valence-corrected chi connectivity index (χ4v) is 5.31. The number of para-hydroxylation sites is 2. The summed E-state index contributed by atoms with van der Waals surface area (Å²) in [6.45, 7) is 0.609. The van der Waals surface area contributed by atoms with Gasteiger partial charge >= 0.3 is 6.03 Å². The monoisotopic (exact) mass is 480 g/mol. The molecule has 1 heterocycles. The normalized spacial score (nSPS) is 13.5. The summed E-state index contributed by atoms with van der Waals surface area (Å²) in [6, 6.07) is 19.1. The summed E-state index contributed by atoms with van der Waals surface area (Å²) < 4.78 is 27.0. The van der Waals surface area contributed by atoms with Gasteiger partial charge in [-0.1, -0.05) is 30.3 Å². The van der Waals surface area contributed by atoms with Crippen molar-refractivity contribution in [2.24, 2.45) is 0 Å². The van der Waals surface area contributed by atoms with E-state index in [0.717, 1.165) is 40.9 Å². The van der Waals surface area contributed by atoms with Gasteiger partial charge in [0.25, 0.3) is 15.7 Å². The van der Waals surface area contributed by atoms with E-state index >= 15 is 0 Å². The van der Waals surface area contributed by atoms with Gasteiger partial charge in [-0.05, 0) is 61.2 Å². The number of anilines is 3. The Labute approximate surface area is 197 Å². The number of nitrogens with one attached hydrogen (secondary N) is 1. The van der Waals surface area contributed by atoms with Gasteiger partial charge in [0.1, 0.15) is 0 Å². The molecule has 1 aliphatic rings. The van der Waals surface area contributed by atoms with Crippen molar-refractivity contribution >= 4 is 38.8 Å². The fraction of sp³-hybridized carbons (Fsp3) is 0.208. The van der Waals surface area contributed by atoms with Crippen LogP contribution in [0.25, 0.3) is 0 Å². The third-order valence-electron chi connectivity index (χ3n) is 5.79. The highest BCUT2D eigenvalue weighted by Crippen LogP contribution is 2.30. The van der Waals surface area contributed by atoms with Gasteiger partial charge in [0, 0.05) is 31.0 Å². The number of urea groups is 1. The van der Waals surface area contributed by atoms with Gasteiger partial charge in [0.05, 0.1) is 10.6 Å². The van der Waals surface area contributed by atoms with Crippen molar-refractivity contribution in [2.75, 3.05) is 28.1 Å². The Morgan fingerprint density at radius 3 is 2.41 bits per heavy atom. The molecule has 0 atom stereocenters. The molecule has 0 aromatic heterocycles. The molecule has 4 rings (SSSR count). The predicted molar refractivity (Wildman–Crippen MR) is 131 cm³/mol. The van der Waals surface area contributed by atoms with Crippen LogP contribution in [0.5, 0.6) is 0 Å². The summed E-state index contributed by atoms with van der Waals surface area (Å²) in [5, 5.41) is 14.2. The van der Waals surface area contributed by atoms with Crippen molar-refractivity contribution in [2.45, 2.75) is 24.2 Å². The number of aryl methyl sites for hydroxylation is 1. The molecule has 0 saturated carbocycles. The molecule has 0 radical (unpaired) electrons. The third kappa shape index (κ3) is 4.58. The summed E-state index contributed by atoms with van der Waals surface area (Å²) in [7, 11) is -2.83. The second kappa shape index (κ2) is 9.52. The van der Waals surface area contributed by atoms with Gasteiger partial charge in [0.2, 0.25) is 0 Å². The molecule has 1 aliphatic heterocycles. The second-order valence-electron chi connectivity index (χ2n) is 7.91. The minimum absolute atomic E-state index is 0.261. The Bertz CT molecular complexity index is 1330. The molecule has 0 fully saturated rings. The summed E-state index contributed by atoms with van der Waals surface area (Å²) in [5.74, 6) is 0. The summed E-state index contributed by atoms with van der Waals surface area (Å²) in [5.41, 5.74) is 2.34. The molecular weight excluding hydrogens is 456 g/mol. The standard InChI is InChI=1S/C24H24N4O5S/c1-26(34(32,33)23-12-5-4-11-22(23)28(30)31)20-15-13-19(14-16-20)25-24(29)27-17-7-6-9-18-8-2-3-10-21(18)27/h2-5,8,10-16H,6-7,9,17H2,1H3,(H,25,29). The van der Waals surface area contributed by atoms with Crippen molar-refractivity contribution in [3.8, 4) is 0 Å². The number of benzene rings is 3. The number of nitro benzene ring substituents is 1. The average Bonchev–Trinajstić information content (AvgIpc) is 3.06. The molecule has 0 spiro atoms. The number of carbonyl (C=O) groups is 1. The fourth-order valence-electron chi connectivity index (χ4n) is 3.96. The maximum atomic E-state index is 13.0. The van der Waals surface area contributed by atoms with Gasteiger partial charge in [-0.25, -0.2) is 13.2 Å². The number of fused-ring (bicyclic) bond motifs is 1. The number of hydrogen-bond acceptors (Lipinski definition) is 5. The van der Waals surface area contributed by atoms with E-state index in [1.165, 1.54) is 37.4 Å². The molecule has 3 aromatic rings. The summed E-state index contributed by atoms with van der Waals surface area (Å²) in [4.78, 5) is 24.9. The number of rotatable bonds is 5. The number of amides is 2. The van der Waals surface area contributed by atoms with E-state index < -0.39 is 20.6 Å². The van der Waals surface area contributed by atoms with Crippen LogP contribution in [-0.4, -0.2) is 33.0 Å². The van der Waals surface area contributed by atoms with Crippen LogP contribution in [0.4, 0.5) is 27.5 Å². The average molecular weight is 481 g/mol. The Kier molecular flexibility index (Phi) is 6.51. The van der Waals surface area contributed by atoms with E-state index in [9.17, 15) is 23.3 Å². The lowest BCUT2D eigenvalue weighted by molar-refractivity contribution is -0.387. The minimum atomic E-state index is -4.16. The van der Waals surface area contributed by atoms with Crippen LogP contribution in [0, 0.1) is 10.1 Å². The molecular formula is C24H24N4O5S. The Balaban J connectivity index is 1.53. The van der Waals surface area contributed by atoms with Crippen LogP contribution in [0.3, 0.4) is 0 Å². The minimum Gasteiger partial charge on any atom is -0.308 e. The van der Waals surface area contributed by atoms with Crippen LogP contribution in [0.2, 0.25) is 0 Å². The molecule has 10 heteroatoms. The van der Waals surface area contributed by atoms with Gasteiger partial charge in [-0.3, -0.25) is 19.3 Å². The van der Waals surface area contributed by atoms with E-state index in [2.05, 4.69) is 5.32 Å². The van der Waals surface area contributed by atoms with Gasteiger partial charge in [0.15, 0.2) is 4.90 Å². The first-order valence-electron chi connectivity index (χ1n) is 10.8. The molecule has 176 valence electrons. The van der Waals surface area contributed by atoms with Crippen molar-refractivity contribution in [3.05, 3.63) is 88.5 Å². The third-order valence-corrected chi connectivity index (χ3v) is 7.62. The van der Waals surface area contributed by atoms with Gasteiger partial charge < -0.3 is 5.32 Å². The van der Waals surface area contributed by atoms with E-state index in [4.69, 9.17) is 0 Å². The lowest BCUT2D eigenvalue weighted by atomic mass is 10.1. The molecule has 0 unspecified atom stereocenters. The van der Waals surface area contributed by atoms with Crippen molar-refractivity contribution < 1.29 is 18.1 Å². The van der Waals surface area contributed by atoms with Crippen molar-refractivity contribution in [1.29, 1.82) is 0 Å². The van der Waals surface area contributed by atoms with E-state index in [1.807, 2.05) is 24.3 Å². The highest BCUT2D eigenvalue weighted by molar-refractivity contribution is 7.93. The lowest BCUT2D eigenvalue weighted by Gasteiger charge is -2.23. The molecule has 1 N–H and O–H groups in total. The SMILES string of the molecule is CN(c1ccc(NC(=O)N2CCCCc3ccccc32)cc1)S(=O)(=O)c1ccccc1[N+](=O)[O-]. The zero-order valence-corrected chi connectivity index (χ0v) is 19.4. The number of carbonyl (C=O) groups excluding carboxylic acids is 1. The molecule has 2 amide bonds. The quantitative estimate of drug-likeness (QED) is 0.417. The summed E-state index contributed by atoms with van der Waals surface area (Å²) in [6.07, 6.45) is 2.83. The number of hydrogen-bond donors (Lipinski definition) is 1. The Hall–Kier alpha value is -3.92. The molecule has 0 aliphatic carbocycles. The van der Waals surface area contributed by atoms with E-state index in [0.29, 0.717) is 17.9 Å². The molecule has 9 nitrogen and oxygen atoms in total. The second-order valence-corrected chi connectivity index (χ2v) is 9.85. The predicted octanol–water partition coefficient (Wildman–Crippen LogP) is 4.79. The van der Waals surface area contributed by atoms with Gasteiger partial charge in [-0.15, -0.1) is 0 Å². The van der Waals surface area contributed by atoms with E-state index in [-0.39, 0.29) is 10.9 Å². The molecule has 0 bridgehead atoms. The van der Waals surface area contributed by atoms with Crippen LogP contribution in [0.1, 0.15) is 18.4 Å². The first-order chi connectivity index (χ1) is 16.3. The molecule has 3 aromatic carbocycles. The Morgan fingerprint density at radius 2 is 1.68 bits per heavy atom. The van der Waals surface area contributed by atoms with Crippen LogP contribution in [-0.2, 0) is 16.4 Å². The zero-order chi connectivity index (χ0) is 24.3. The largest absolute Gasteiger partial charge is 0.326 e. The van der Waals surface area contributed by atoms with Crippen LogP contribution in [0.15, 0.2) is 77.7 Å². The highest BCUT2D eigenvalue weighted by atomic mass is 32.2. The summed E-state index contributed by atoms with van der Waals surface area (Å²) >= 11 is 0. The van der Waals surface area contributed by atoms with Crippen molar-refractivity contribution in [1.82, 2.24) is 0 Å². The van der Waals surface area contributed by atoms with E-state index in [1.54, 1.807) is 17.0 Å². The molecule has 0 saturated heterocycles.